The molecule has 0 fully saturated rings. The molecule has 1 heterocycles. The Kier molecular flexibility index (Phi) is 3.97. The van der Waals surface area contributed by atoms with Crippen LogP contribution in [0.5, 0.6) is 0 Å². The van der Waals surface area contributed by atoms with Crippen molar-refractivity contribution in [3.05, 3.63) is 60.3 Å². The molecule has 2 N–H and O–H groups in total. The van der Waals surface area contributed by atoms with Gasteiger partial charge in [-0.25, -0.2) is 0 Å². The molecule has 2 nitrogen and oxygen atoms in total. The van der Waals surface area contributed by atoms with Crippen molar-refractivity contribution < 1.29 is 0 Å². The molecule has 2 aromatic carbocycles. The molecule has 0 saturated heterocycles. The van der Waals surface area contributed by atoms with Gasteiger partial charge in [-0.2, -0.15) is 0 Å². The molecule has 0 radical (unpaired) electrons. The first-order chi connectivity index (χ1) is 9.88. The number of anilines is 1. The topological polar surface area (TPSA) is 27.8 Å². The van der Waals surface area contributed by atoms with E-state index in [4.69, 9.17) is 0 Å². The molecule has 3 aromatic rings. The van der Waals surface area contributed by atoms with Crippen molar-refractivity contribution in [1.82, 2.24) is 4.98 Å². The highest BCUT2D eigenvalue weighted by molar-refractivity contribution is 7.99. The zero-order valence-corrected chi connectivity index (χ0v) is 12.3. The van der Waals surface area contributed by atoms with Crippen LogP contribution < -0.4 is 5.32 Å². The van der Waals surface area contributed by atoms with Gasteiger partial charge in [-0.15, -0.1) is 11.8 Å². The summed E-state index contributed by atoms with van der Waals surface area (Å²) in [4.78, 5) is 4.57. The first-order valence-corrected chi connectivity index (χ1v) is 7.87. The summed E-state index contributed by atoms with van der Waals surface area (Å²) in [6, 6.07) is 17.0. The highest BCUT2D eigenvalue weighted by Crippen LogP contribution is 2.27. The van der Waals surface area contributed by atoms with Crippen molar-refractivity contribution >= 4 is 28.4 Å². The third-order valence-electron chi connectivity index (χ3n) is 3.34. The van der Waals surface area contributed by atoms with E-state index in [2.05, 4.69) is 65.8 Å². The van der Waals surface area contributed by atoms with Crippen LogP contribution in [-0.4, -0.2) is 10.7 Å². The van der Waals surface area contributed by atoms with E-state index in [1.54, 1.807) is 0 Å². The second kappa shape index (κ2) is 6.06. The van der Waals surface area contributed by atoms with Gasteiger partial charge in [0.05, 0.1) is 0 Å². The van der Waals surface area contributed by atoms with Gasteiger partial charge in [0, 0.05) is 34.2 Å². The van der Waals surface area contributed by atoms with Gasteiger partial charge in [0.15, 0.2) is 0 Å². The highest BCUT2D eigenvalue weighted by atomic mass is 32.2. The van der Waals surface area contributed by atoms with Crippen LogP contribution in [0.15, 0.2) is 59.6 Å². The summed E-state index contributed by atoms with van der Waals surface area (Å²) < 4.78 is 0. The van der Waals surface area contributed by atoms with Crippen molar-refractivity contribution in [2.45, 2.75) is 18.4 Å². The number of hydrogen-bond acceptors (Lipinski definition) is 2. The molecule has 20 heavy (non-hydrogen) atoms. The Morgan fingerprint density at radius 2 is 1.95 bits per heavy atom. The molecule has 3 heteroatoms. The molecule has 3 rings (SSSR count). The predicted octanol–water partition coefficient (Wildman–Crippen LogP) is 4.89. The Hall–Kier alpha value is -1.87. The van der Waals surface area contributed by atoms with Crippen LogP contribution in [0.4, 0.5) is 5.69 Å². The van der Waals surface area contributed by atoms with Crippen LogP contribution >= 0.6 is 11.8 Å². The zero-order valence-electron chi connectivity index (χ0n) is 11.5. The summed E-state index contributed by atoms with van der Waals surface area (Å²) >= 11 is 1.87. The van der Waals surface area contributed by atoms with Crippen molar-refractivity contribution in [2.75, 3.05) is 11.1 Å². The number of aromatic amines is 1. The van der Waals surface area contributed by atoms with Crippen molar-refractivity contribution in [3.63, 3.8) is 0 Å². The first kappa shape index (κ1) is 13.1. The number of benzene rings is 2. The minimum absolute atomic E-state index is 0.844. The van der Waals surface area contributed by atoms with Crippen molar-refractivity contribution in [1.29, 1.82) is 0 Å². The molecular formula is C17H18N2S. The Labute approximate surface area is 123 Å². The molecule has 0 spiro atoms. The molecule has 0 aliphatic heterocycles. The van der Waals surface area contributed by atoms with E-state index in [0.717, 1.165) is 12.3 Å². The lowest BCUT2D eigenvalue weighted by molar-refractivity contribution is 1.15. The van der Waals surface area contributed by atoms with Gasteiger partial charge in [-0.1, -0.05) is 31.2 Å². The molecular weight excluding hydrogens is 264 g/mol. The second-order valence-electron chi connectivity index (χ2n) is 4.64. The molecule has 0 amide bonds. The second-order valence-corrected chi connectivity index (χ2v) is 5.94. The minimum atomic E-state index is 0.844. The summed E-state index contributed by atoms with van der Waals surface area (Å²) in [5.41, 5.74) is 3.73. The van der Waals surface area contributed by atoms with Gasteiger partial charge >= 0.3 is 0 Å². The smallest absolute Gasteiger partial charge is 0.0481 e. The largest absolute Gasteiger partial charge is 0.380 e. The summed E-state index contributed by atoms with van der Waals surface area (Å²) in [5.74, 6) is 1.09. The van der Waals surface area contributed by atoms with E-state index in [9.17, 15) is 0 Å². The molecule has 102 valence electrons. The summed E-state index contributed by atoms with van der Waals surface area (Å²) in [6.45, 7) is 3.03. The van der Waals surface area contributed by atoms with E-state index in [1.165, 1.54) is 27.0 Å². The third-order valence-corrected chi connectivity index (χ3v) is 4.30. The summed E-state index contributed by atoms with van der Waals surface area (Å²) in [7, 11) is 0. The van der Waals surface area contributed by atoms with Gasteiger partial charge in [0.25, 0.3) is 0 Å². The van der Waals surface area contributed by atoms with Crippen LogP contribution in [0, 0.1) is 0 Å². The minimum Gasteiger partial charge on any atom is -0.380 e. The van der Waals surface area contributed by atoms with Crippen molar-refractivity contribution in [3.8, 4) is 0 Å². The van der Waals surface area contributed by atoms with E-state index < -0.39 is 0 Å². The maximum atomic E-state index is 3.56. The fourth-order valence-corrected chi connectivity index (χ4v) is 3.17. The highest BCUT2D eigenvalue weighted by Gasteiger charge is 2.04. The quantitative estimate of drug-likeness (QED) is 0.652. The number of nitrogens with one attached hydrogen (secondary N) is 2. The number of fused-ring (bicyclic) bond motifs is 1. The molecule has 0 aliphatic rings. The molecule has 1 aromatic heterocycles. The molecule has 0 saturated carbocycles. The monoisotopic (exact) mass is 282 g/mol. The van der Waals surface area contributed by atoms with E-state index in [1.807, 2.05) is 18.0 Å². The van der Waals surface area contributed by atoms with Gasteiger partial charge in [0.2, 0.25) is 0 Å². The maximum Gasteiger partial charge on any atom is 0.0481 e. The van der Waals surface area contributed by atoms with Gasteiger partial charge < -0.3 is 10.3 Å². The Bertz CT molecular complexity index is 703. The number of aromatic nitrogens is 1. The Morgan fingerprint density at radius 3 is 2.85 bits per heavy atom. The number of H-pyrrole nitrogens is 1. The number of para-hydroxylation sites is 1. The molecule has 0 bridgehead atoms. The summed E-state index contributed by atoms with van der Waals surface area (Å²) in [5, 5.41) is 4.85. The van der Waals surface area contributed by atoms with E-state index in [0.29, 0.717) is 0 Å². The summed E-state index contributed by atoms with van der Waals surface area (Å²) in [6.07, 6.45) is 2.00. The van der Waals surface area contributed by atoms with Crippen LogP contribution in [-0.2, 0) is 6.54 Å². The van der Waals surface area contributed by atoms with E-state index >= 15 is 0 Å². The fraction of sp³-hybridized carbons (Fsp3) is 0.176. The predicted molar refractivity (Wildman–Crippen MR) is 88.5 cm³/mol. The maximum absolute atomic E-state index is 3.56. The van der Waals surface area contributed by atoms with E-state index in [-0.39, 0.29) is 0 Å². The number of rotatable bonds is 5. The fourth-order valence-electron chi connectivity index (χ4n) is 2.39. The third kappa shape index (κ3) is 2.68. The lowest BCUT2D eigenvalue weighted by Gasteiger charge is -2.11. The lowest BCUT2D eigenvalue weighted by Crippen LogP contribution is -2.00. The average molecular weight is 282 g/mol. The lowest BCUT2D eigenvalue weighted by atomic mass is 10.1. The zero-order chi connectivity index (χ0) is 13.8. The molecule has 0 aliphatic carbocycles. The van der Waals surface area contributed by atoms with Crippen LogP contribution in [0.25, 0.3) is 10.9 Å². The van der Waals surface area contributed by atoms with Crippen LogP contribution in [0.3, 0.4) is 0 Å². The normalized spacial score (nSPS) is 10.8. The first-order valence-electron chi connectivity index (χ1n) is 6.89. The molecule has 0 atom stereocenters. The Morgan fingerprint density at radius 1 is 1.05 bits per heavy atom. The SMILES string of the molecule is CCSc1ccccc1NCc1cccc2[nH]ccc12. The Balaban J connectivity index is 1.81. The average Bonchev–Trinajstić information content (AvgIpc) is 2.96. The molecule has 0 unspecified atom stereocenters. The van der Waals surface area contributed by atoms with Gasteiger partial charge in [-0.05, 0) is 35.6 Å². The van der Waals surface area contributed by atoms with Crippen molar-refractivity contribution in [2.24, 2.45) is 0 Å². The number of hydrogen-bond donors (Lipinski definition) is 2. The number of thioether (sulfide) groups is 1. The van der Waals surface area contributed by atoms with Gasteiger partial charge in [0.1, 0.15) is 0 Å². The van der Waals surface area contributed by atoms with Crippen LogP contribution in [0.2, 0.25) is 0 Å². The van der Waals surface area contributed by atoms with Gasteiger partial charge in [-0.3, -0.25) is 0 Å². The standard InChI is InChI=1S/C17H18N2S/c1-2-20-17-9-4-3-7-16(17)19-12-13-6-5-8-15-14(13)10-11-18-15/h3-11,18-19H,2,12H2,1H3. The van der Waals surface area contributed by atoms with Crippen LogP contribution in [0.1, 0.15) is 12.5 Å².